The van der Waals surface area contributed by atoms with Crippen molar-refractivity contribution in [3.05, 3.63) is 58.7 Å². The van der Waals surface area contributed by atoms with Gasteiger partial charge in [-0.1, -0.05) is 12.1 Å². The van der Waals surface area contributed by atoms with Crippen LogP contribution in [0.1, 0.15) is 28.2 Å². The minimum atomic E-state index is -0.0879. The molecule has 6 nitrogen and oxygen atoms in total. The first-order valence-electron chi connectivity index (χ1n) is 7.73. The molecule has 2 N–H and O–H groups in total. The summed E-state index contributed by atoms with van der Waals surface area (Å²) in [5, 5.41) is 7.52. The molecule has 0 unspecified atom stereocenters. The first kappa shape index (κ1) is 16.2. The Hall–Kier alpha value is -2.67. The number of nitrogens with one attached hydrogen (secondary N) is 2. The zero-order valence-corrected chi connectivity index (χ0v) is 13.9. The van der Waals surface area contributed by atoms with Crippen molar-refractivity contribution < 1.29 is 9.59 Å². The Kier molecular flexibility index (Phi) is 5.22. The van der Waals surface area contributed by atoms with Crippen molar-refractivity contribution in [3.63, 3.8) is 0 Å². The normalized spacial score (nSPS) is 10.7. The molecule has 0 aliphatic carbocycles. The molecule has 0 radical (unpaired) electrons. The zero-order valence-electron chi connectivity index (χ0n) is 13.1. The van der Waals surface area contributed by atoms with Gasteiger partial charge in [0.25, 0.3) is 5.91 Å². The van der Waals surface area contributed by atoms with Crippen LogP contribution in [0.4, 0.5) is 0 Å². The van der Waals surface area contributed by atoms with Gasteiger partial charge in [0.15, 0.2) is 0 Å². The number of hydrogen-bond donors (Lipinski definition) is 2. The van der Waals surface area contributed by atoms with Crippen molar-refractivity contribution >= 4 is 28.8 Å². The van der Waals surface area contributed by atoms with Crippen LogP contribution >= 0.6 is 11.3 Å². The standard InChI is InChI=1S/C17H18N4O2S/c22-16(7-3-8-18-17(23)14-5-4-10-24-14)19-11-13-12-21-9-2-1-6-15(21)20-13/h1-2,4-6,9-10,12H,3,7-8,11H2,(H,18,23)(H,19,22). The summed E-state index contributed by atoms with van der Waals surface area (Å²) in [5.74, 6) is -0.132. The van der Waals surface area contributed by atoms with Crippen molar-refractivity contribution in [2.75, 3.05) is 6.54 Å². The van der Waals surface area contributed by atoms with Gasteiger partial charge in [-0.05, 0) is 30.0 Å². The third-order valence-corrected chi connectivity index (χ3v) is 4.36. The molecule has 0 fully saturated rings. The van der Waals surface area contributed by atoms with E-state index in [1.165, 1.54) is 11.3 Å². The summed E-state index contributed by atoms with van der Waals surface area (Å²) in [6, 6.07) is 9.40. The summed E-state index contributed by atoms with van der Waals surface area (Å²) in [6.07, 6.45) is 4.80. The monoisotopic (exact) mass is 342 g/mol. The highest BCUT2D eigenvalue weighted by molar-refractivity contribution is 7.12. The maximum absolute atomic E-state index is 11.8. The summed E-state index contributed by atoms with van der Waals surface area (Å²) in [5.41, 5.74) is 1.68. The van der Waals surface area contributed by atoms with Crippen LogP contribution in [0.15, 0.2) is 48.1 Å². The molecular weight excluding hydrogens is 324 g/mol. The Morgan fingerprint density at radius 1 is 1.17 bits per heavy atom. The van der Waals surface area contributed by atoms with E-state index >= 15 is 0 Å². The number of amides is 2. The quantitative estimate of drug-likeness (QED) is 0.647. The Labute approximate surface area is 143 Å². The molecule has 3 rings (SSSR count). The van der Waals surface area contributed by atoms with Gasteiger partial charge in [0.05, 0.1) is 17.1 Å². The van der Waals surface area contributed by atoms with E-state index in [0.29, 0.717) is 30.8 Å². The molecule has 124 valence electrons. The van der Waals surface area contributed by atoms with E-state index in [0.717, 1.165) is 11.3 Å². The second kappa shape index (κ2) is 7.74. The van der Waals surface area contributed by atoms with Crippen molar-refractivity contribution in [1.29, 1.82) is 0 Å². The van der Waals surface area contributed by atoms with Crippen LogP contribution < -0.4 is 10.6 Å². The number of rotatable bonds is 7. The van der Waals surface area contributed by atoms with E-state index in [9.17, 15) is 9.59 Å². The molecule has 0 aromatic carbocycles. The van der Waals surface area contributed by atoms with E-state index in [4.69, 9.17) is 0 Å². The topological polar surface area (TPSA) is 75.5 Å². The van der Waals surface area contributed by atoms with Gasteiger partial charge < -0.3 is 15.0 Å². The van der Waals surface area contributed by atoms with Crippen molar-refractivity contribution in [2.45, 2.75) is 19.4 Å². The first-order chi connectivity index (χ1) is 11.7. The number of pyridine rings is 1. The molecular formula is C17H18N4O2S. The second-order valence-corrected chi connectivity index (χ2v) is 6.26. The molecule has 0 saturated carbocycles. The fourth-order valence-corrected chi connectivity index (χ4v) is 2.94. The van der Waals surface area contributed by atoms with Gasteiger partial charge in [0, 0.05) is 25.4 Å². The van der Waals surface area contributed by atoms with Crippen LogP contribution in [0, 0.1) is 0 Å². The summed E-state index contributed by atoms with van der Waals surface area (Å²) in [7, 11) is 0. The highest BCUT2D eigenvalue weighted by atomic mass is 32.1. The lowest BCUT2D eigenvalue weighted by Gasteiger charge is -2.04. The maximum atomic E-state index is 11.8. The van der Waals surface area contributed by atoms with Gasteiger partial charge in [0.2, 0.25) is 5.91 Å². The van der Waals surface area contributed by atoms with Crippen LogP contribution in [0.2, 0.25) is 0 Å². The molecule has 0 aliphatic heterocycles. The van der Waals surface area contributed by atoms with Crippen LogP contribution in [0.25, 0.3) is 5.65 Å². The summed E-state index contributed by atoms with van der Waals surface area (Å²) >= 11 is 1.40. The molecule has 3 aromatic rings. The van der Waals surface area contributed by atoms with Crippen LogP contribution in [0.5, 0.6) is 0 Å². The Morgan fingerprint density at radius 2 is 2.08 bits per heavy atom. The molecule has 0 aliphatic rings. The van der Waals surface area contributed by atoms with E-state index < -0.39 is 0 Å². The largest absolute Gasteiger partial charge is 0.351 e. The maximum Gasteiger partial charge on any atom is 0.261 e. The summed E-state index contributed by atoms with van der Waals surface area (Å²) in [4.78, 5) is 28.7. The molecule has 7 heteroatoms. The van der Waals surface area contributed by atoms with Crippen molar-refractivity contribution in [3.8, 4) is 0 Å². The highest BCUT2D eigenvalue weighted by Gasteiger charge is 2.07. The van der Waals surface area contributed by atoms with E-state index in [2.05, 4.69) is 15.6 Å². The second-order valence-electron chi connectivity index (χ2n) is 5.31. The van der Waals surface area contributed by atoms with Gasteiger partial charge in [0.1, 0.15) is 5.65 Å². The van der Waals surface area contributed by atoms with Crippen LogP contribution in [0.3, 0.4) is 0 Å². The molecule has 3 aromatic heterocycles. The lowest BCUT2D eigenvalue weighted by atomic mass is 10.3. The van der Waals surface area contributed by atoms with Crippen LogP contribution in [-0.2, 0) is 11.3 Å². The number of carbonyl (C=O) groups excluding carboxylic acids is 2. The minimum absolute atomic E-state index is 0.0440. The lowest BCUT2D eigenvalue weighted by molar-refractivity contribution is -0.121. The number of aromatic nitrogens is 2. The minimum Gasteiger partial charge on any atom is -0.351 e. The third kappa shape index (κ3) is 4.20. The van der Waals surface area contributed by atoms with E-state index in [1.807, 2.05) is 46.4 Å². The number of carbonyl (C=O) groups is 2. The van der Waals surface area contributed by atoms with E-state index in [-0.39, 0.29) is 11.8 Å². The van der Waals surface area contributed by atoms with Gasteiger partial charge in [-0.3, -0.25) is 9.59 Å². The first-order valence-corrected chi connectivity index (χ1v) is 8.61. The number of nitrogens with zero attached hydrogens (tertiary/aromatic N) is 2. The predicted molar refractivity (Wildman–Crippen MR) is 92.9 cm³/mol. The molecule has 24 heavy (non-hydrogen) atoms. The fraction of sp³-hybridized carbons (Fsp3) is 0.235. The number of fused-ring (bicyclic) bond motifs is 1. The van der Waals surface area contributed by atoms with Crippen molar-refractivity contribution in [1.82, 2.24) is 20.0 Å². The van der Waals surface area contributed by atoms with Gasteiger partial charge in [-0.25, -0.2) is 4.98 Å². The van der Waals surface area contributed by atoms with Gasteiger partial charge in [-0.15, -0.1) is 11.3 Å². The molecule has 2 amide bonds. The third-order valence-electron chi connectivity index (χ3n) is 3.49. The molecule has 0 bridgehead atoms. The predicted octanol–water partition coefficient (Wildman–Crippen LogP) is 2.22. The zero-order chi connectivity index (χ0) is 16.8. The smallest absolute Gasteiger partial charge is 0.261 e. The summed E-state index contributed by atoms with van der Waals surface area (Å²) in [6.45, 7) is 0.889. The van der Waals surface area contributed by atoms with Gasteiger partial charge >= 0.3 is 0 Å². The fourth-order valence-electron chi connectivity index (χ4n) is 2.30. The van der Waals surface area contributed by atoms with Crippen molar-refractivity contribution in [2.24, 2.45) is 0 Å². The SMILES string of the molecule is O=C(CCCNC(=O)c1cccs1)NCc1cn2ccccc2n1. The van der Waals surface area contributed by atoms with E-state index in [1.54, 1.807) is 6.07 Å². The molecule has 0 atom stereocenters. The summed E-state index contributed by atoms with van der Waals surface area (Å²) < 4.78 is 1.92. The molecule has 0 saturated heterocycles. The lowest BCUT2D eigenvalue weighted by Crippen LogP contribution is -2.27. The molecule has 3 heterocycles. The van der Waals surface area contributed by atoms with Gasteiger partial charge in [-0.2, -0.15) is 0 Å². The number of thiophene rings is 1. The Morgan fingerprint density at radius 3 is 2.88 bits per heavy atom. The Bertz CT molecular complexity index is 793. The number of hydrogen-bond acceptors (Lipinski definition) is 4. The number of imidazole rings is 1. The highest BCUT2D eigenvalue weighted by Crippen LogP contribution is 2.07. The Balaban J connectivity index is 1.36. The average Bonchev–Trinajstić information content (AvgIpc) is 3.25. The average molecular weight is 342 g/mol. The van der Waals surface area contributed by atoms with Crippen LogP contribution in [-0.4, -0.2) is 27.7 Å². The molecule has 0 spiro atoms.